The lowest BCUT2D eigenvalue weighted by molar-refractivity contribution is 0.597. The van der Waals surface area contributed by atoms with E-state index in [0.717, 1.165) is 25.8 Å². The van der Waals surface area contributed by atoms with Gasteiger partial charge in [-0.15, -0.1) is 0 Å². The summed E-state index contributed by atoms with van der Waals surface area (Å²) in [4.78, 5) is 2.32. The summed E-state index contributed by atoms with van der Waals surface area (Å²) < 4.78 is 23.2. The van der Waals surface area contributed by atoms with Crippen LogP contribution in [0.3, 0.4) is 0 Å². The van der Waals surface area contributed by atoms with Crippen molar-refractivity contribution in [1.29, 1.82) is 0 Å². The van der Waals surface area contributed by atoms with Gasteiger partial charge in [-0.25, -0.2) is 13.6 Å². The van der Waals surface area contributed by atoms with Crippen LogP contribution in [0, 0.1) is 0 Å². The van der Waals surface area contributed by atoms with Crippen LogP contribution in [0.5, 0.6) is 0 Å². The first-order valence-electron chi connectivity index (χ1n) is 6.12. The van der Waals surface area contributed by atoms with Crippen LogP contribution < -0.4 is 15.8 Å². The second kappa shape index (κ2) is 5.26. The van der Waals surface area contributed by atoms with Gasteiger partial charge in [-0.3, -0.25) is 0 Å². The number of anilines is 1. The molecule has 0 heterocycles. The van der Waals surface area contributed by atoms with Crippen molar-refractivity contribution < 1.29 is 8.42 Å². The molecule has 100 valence electrons. The highest BCUT2D eigenvalue weighted by atomic mass is 32.2. The van der Waals surface area contributed by atoms with E-state index in [0.29, 0.717) is 18.3 Å². The molecule has 1 saturated carbocycles. The molecule has 4 N–H and O–H groups in total. The van der Waals surface area contributed by atoms with Crippen molar-refractivity contribution in [3.63, 3.8) is 0 Å². The Morgan fingerprint density at radius 1 is 1.28 bits per heavy atom. The number of primary sulfonamides is 1. The zero-order valence-electron chi connectivity index (χ0n) is 10.2. The van der Waals surface area contributed by atoms with Crippen LogP contribution >= 0.6 is 0 Å². The number of para-hydroxylation sites is 1. The Bertz CT molecular complexity index is 512. The molecule has 0 saturated heterocycles. The van der Waals surface area contributed by atoms with Crippen molar-refractivity contribution in [2.24, 2.45) is 10.9 Å². The summed E-state index contributed by atoms with van der Waals surface area (Å²) in [5.41, 5.74) is 6.23. The van der Waals surface area contributed by atoms with Crippen LogP contribution in [-0.2, 0) is 10.0 Å². The minimum atomic E-state index is -3.68. The van der Waals surface area contributed by atoms with E-state index in [2.05, 4.69) is 4.90 Å². The fourth-order valence-electron chi connectivity index (χ4n) is 2.08. The monoisotopic (exact) mass is 269 g/mol. The summed E-state index contributed by atoms with van der Waals surface area (Å²) in [5, 5.41) is 5.27. The van der Waals surface area contributed by atoms with Crippen LogP contribution in [-0.4, -0.2) is 27.5 Å². The highest BCUT2D eigenvalue weighted by molar-refractivity contribution is 7.89. The van der Waals surface area contributed by atoms with Crippen molar-refractivity contribution in [3.05, 3.63) is 24.3 Å². The number of sulfonamides is 1. The molecule has 0 radical (unpaired) electrons. The Morgan fingerprint density at radius 3 is 2.50 bits per heavy atom. The molecule has 0 amide bonds. The Kier molecular flexibility index (Phi) is 3.89. The zero-order chi connectivity index (χ0) is 13.2. The first-order valence-corrected chi connectivity index (χ1v) is 7.67. The number of hydrogen-bond donors (Lipinski definition) is 2. The maximum absolute atomic E-state index is 11.6. The molecule has 0 unspecified atom stereocenters. The molecule has 18 heavy (non-hydrogen) atoms. The Balaban J connectivity index is 2.35. The maximum Gasteiger partial charge on any atom is 0.240 e. The Labute approximate surface area is 108 Å². The molecule has 0 spiro atoms. The molecule has 0 aliphatic heterocycles. The number of nitrogens with two attached hydrogens (primary N) is 2. The average molecular weight is 269 g/mol. The normalized spacial score (nSPS) is 15.7. The molecule has 5 nitrogen and oxygen atoms in total. The van der Waals surface area contributed by atoms with Gasteiger partial charge in [-0.1, -0.05) is 12.1 Å². The summed E-state index contributed by atoms with van der Waals surface area (Å²) in [6.07, 6.45) is 3.04. The average Bonchev–Trinajstić information content (AvgIpc) is 3.13. The van der Waals surface area contributed by atoms with E-state index in [1.54, 1.807) is 12.1 Å². The van der Waals surface area contributed by atoms with Crippen molar-refractivity contribution in [2.75, 3.05) is 18.0 Å². The largest absolute Gasteiger partial charge is 0.367 e. The molecule has 0 atom stereocenters. The number of benzene rings is 1. The summed E-state index contributed by atoms with van der Waals surface area (Å²) in [6.45, 7) is 1.37. The van der Waals surface area contributed by atoms with Crippen LogP contribution in [0.1, 0.15) is 19.3 Å². The van der Waals surface area contributed by atoms with E-state index in [1.807, 2.05) is 12.1 Å². The molecule has 1 aliphatic carbocycles. The van der Waals surface area contributed by atoms with Gasteiger partial charge in [0.1, 0.15) is 4.90 Å². The number of hydrogen-bond acceptors (Lipinski definition) is 4. The summed E-state index contributed by atoms with van der Waals surface area (Å²) in [6, 6.07) is 7.33. The predicted molar refractivity (Wildman–Crippen MR) is 71.9 cm³/mol. The van der Waals surface area contributed by atoms with Gasteiger partial charge < -0.3 is 10.6 Å². The van der Waals surface area contributed by atoms with Crippen molar-refractivity contribution in [3.8, 4) is 0 Å². The molecule has 1 aliphatic rings. The van der Waals surface area contributed by atoms with Gasteiger partial charge >= 0.3 is 0 Å². The van der Waals surface area contributed by atoms with E-state index in [1.165, 1.54) is 0 Å². The molecule has 1 aromatic carbocycles. The zero-order valence-corrected chi connectivity index (χ0v) is 11.1. The highest BCUT2D eigenvalue weighted by Crippen LogP contribution is 2.34. The summed E-state index contributed by atoms with van der Waals surface area (Å²) >= 11 is 0. The quantitative estimate of drug-likeness (QED) is 0.793. The predicted octanol–water partition coefficient (Wildman–Crippen LogP) is 0.652. The molecule has 1 fully saturated rings. The van der Waals surface area contributed by atoms with Crippen LogP contribution in [0.25, 0.3) is 0 Å². The third-order valence-corrected chi connectivity index (χ3v) is 4.03. The van der Waals surface area contributed by atoms with Gasteiger partial charge in [0, 0.05) is 12.6 Å². The van der Waals surface area contributed by atoms with Gasteiger partial charge in [-0.2, -0.15) is 0 Å². The fraction of sp³-hybridized carbons (Fsp3) is 0.500. The van der Waals surface area contributed by atoms with E-state index in [-0.39, 0.29) is 4.90 Å². The first kappa shape index (κ1) is 13.3. The standard InChI is InChI=1S/C12H19N3O2S/c13-8-3-9-15(10-6-7-10)11-4-1-2-5-12(11)18(14,16)17/h1-2,4-5,10H,3,6-9,13H2,(H2,14,16,17). The molecule has 6 heteroatoms. The van der Waals surface area contributed by atoms with Gasteiger partial charge in [0.05, 0.1) is 5.69 Å². The van der Waals surface area contributed by atoms with E-state index in [9.17, 15) is 8.42 Å². The first-order chi connectivity index (χ1) is 8.54. The number of nitrogens with zero attached hydrogens (tertiary/aromatic N) is 1. The van der Waals surface area contributed by atoms with Crippen molar-refractivity contribution in [1.82, 2.24) is 0 Å². The van der Waals surface area contributed by atoms with Gasteiger partial charge in [0.15, 0.2) is 0 Å². The SMILES string of the molecule is NCCCN(c1ccccc1S(N)(=O)=O)C1CC1. The third kappa shape index (κ3) is 3.01. The van der Waals surface area contributed by atoms with Gasteiger partial charge in [0.2, 0.25) is 10.0 Å². The lowest BCUT2D eigenvalue weighted by atomic mass is 10.2. The molecule has 2 rings (SSSR count). The fourth-order valence-corrected chi connectivity index (χ4v) is 2.83. The summed E-state index contributed by atoms with van der Waals surface area (Å²) in [7, 11) is -3.68. The van der Waals surface area contributed by atoms with Crippen LogP contribution in [0.2, 0.25) is 0 Å². The third-order valence-electron chi connectivity index (χ3n) is 3.07. The van der Waals surface area contributed by atoms with Gasteiger partial charge in [-0.05, 0) is 37.9 Å². The van der Waals surface area contributed by atoms with Crippen molar-refractivity contribution in [2.45, 2.75) is 30.2 Å². The highest BCUT2D eigenvalue weighted by Gasteiger charge is 2.31. The second-order valence-corrected chi connectivity index (χ2v) is 6.11. The van der Waals surface area contributed by atoms with Crippen molar-refractivity contribution >= 4 is 15.7 Å². The topological polar surface area (TPSA) is 89.4 Å². The molecular weight excluding hydrogens is 250 g/mol. The Hall–Kier alpha value is -1.11. The second-order valence-electron chi connectivity index (χ2n) is 4.58. The molecule has 1 aromatic rings. The minimum absolute atomic E-state index is 0.203. The maximum atomic E-state index is 11.6. The molecular formula is C12H19N3O2S. The lowest BCUT2D eigenvalue weighted by Crippen LogP contribution is -2.30. The van der Waals surface area contributed by atoms with E-state index in [4.69, 9.17) is 10.9 Å². The smallest absolute Gasteiger partial charge is 0.240 e. The minimum Gasteiger partial charge on any atom is -0.367 e. The lowest BCUT2D eigenvalue weighted by Gasteiger charge is -2.26. The Morgan fingerprint density at radius 2 is 1.94 bits per heavy atom. The number of rotatable bonds is 6. The summed E-state index contributed by atoms with van der Waals surface area (Å²) in [5.74, 6) is 0. The van der Waals surface area contributed by atoms with Gasteiger partial charge in [0.25, 0.3) is 0 Å². The van der Waals surface area contributed by atoms with Crippen LogP contribution in [0.15, 0.2) is 29.2 Å². The molecule has 0 bridgehead atoms. The van der Waals surface area contributed by atoms with E-state index < -0.39 is 10.0 Å². The van der Waals surface area contributed by atoms with E-state index >= 15 is 0 Å². The van der Waals surface area contributed by atoms with Crippen LogP contribution in [0.4, 0.5) is 5.69 Å². The molecule has 0 aromatic heterocycles.